The van der Waals surface area contributed by atoms with Crippen LogP contribution in [-0.4, -0.2) is 30.5 Å². The van der Waals surface area contributed by atoms with Gasteiger partial charge in [0.15, 0.2) is 0 Å². The lowest BCUT2D eigenvalue weighted by molar-refractivity contribution is -0.132. The normalized spacial score (nSPS) is 17.2. The van der Waals surface area contributed by atoms with Gasteiger partial charge in [0, 0.05) is 11.3 Å². The van der Waals surface area contributed by atoms with E-state index in [2.05, 4.69) is 0 Å². The number of nitrogens with zero attached hydrogens (tertiary/aromatic N) is 1. The third-order valence-corrected chi connectivity index (χ3v) is 5.81. The number of halogens is 2. The molecule has 1 unspecified atom stereocenters. The summed E-state index contributed by atoms with van der Waals surface area (Å²) in [7, 11) is 1.51. The lowest BCUT2D eigenvalue weighted by Crippen LogP contribution is -2.29. The predicted octanol–water partition coefficient (Wildman–Crippen LogP) is 5.51. The van der Waals surface area contributed by atoms with Gasteiger partial charge in [-0.05, 0) is 67.1 Å². The first-order valence-corrected chi connectivity index (χ1v) is 10.9. The van der Waals surface area contributed by atoms with Gasteiger partial charge < -0.3 is 14.6 Å². The number of ketones is 1. The Kier molecular flexibility index (Phi) is 6.56. The molecule has 34 heavy (non-hydrogen) atoms. The molecule has 4 rings (SSSR count). The number of aliphatic hydroxyl groups is 1. The van der Waals surface area contributed by atoms with Crippen LogP contribution in [0.3, 0.4) is 0 Å². The van der Waals surface area contributed by atoms with Gasteiger partial charge >= 0.3 is 0 Å². The molecular weight excluding hydrogens is 461 g/mol. The zero-order valence-electron chi connectivity index (χ0n) is 18.4. The highest BCUT2D eigenvalue weighted by Crippen LogP contribution is 2.43. The molecule has 1 atom stereocenters. The van der Waals surface area contributed by atoms with E-state index in [-0.39, 0.29) is 16.2 Å². The minimum Gasteiger partial charge on any atom is -0.507 e. The average Bonchev–Trinajstić information content (AvgIpc) is 3.11. The van der Waals surface area contributed by atoms with Gasteiger partial charge in [-0.2, -0.15) is 0 Å². The van der Waals surface area contributed by atoms with Gasteiger partial charge in [0.05, 0.1) is 30.4 Å². The minimum atomic E-state index is -1.01. The van der Waals surface area contributed by atoms with Gasteiger partial charge in [0.25, 0.3) is 11.7 Å². The molecule has 1 saturated heterocycles. The number of hydrogen-bond acceptors (Lipinski definition) is 5. The largest absolute Gasteiger partial charge is 0.507 e. The topological polar surface area (TPSA) is 76.1 Å². The Hall–Kier alpha value is -3.84. The molecule has 0 radical (unpaired) electrons. The Balaban J connectivity index is 1.93. The standard InChI is InChI=1S/C26H21ClFNO5/c1-3-34-19-12-13-21(27)20(14-19)24(30)22-23(15-4-6-16(28)7-5-15)29(26(32)25(22)31)17-8-10-18(33-2)11-9-17/h4-14,23,30H,3H2,1-2H3/b24-22+. The van der Waals surface area contributed by atoms with Gasteiger partial charge in [-0.15, -0.1) is 0 Å². The van der Waals surface area contributed by atoms with Crippen molar-refractivity contribution in [1.29, 1.82) is 0 Å². The fourth-order valence-corrected chi connectivity index (χ4v) is 4.10. The number of ether oxygens (including phenoxy) is 2. The summed E-state index contributed by atoms with van der Waals surface area (Å²) in [4.78, 5) is 27.7. The third-order valence-electron chi connectivity index (χ3n) is 5.48. The Morgan fingerprint density at radius 2 is 1.68 bits per heavy atom. The van der Waals surface area contributed by atoms with Crippen LogP contribution in [-0.2, 0) is 9.59 Å². The highest BCUT2D eigenvalue weighted by molar-refractivity contribution is 6.52. The zero-order valence-corrected chi connectivity index (χ0v) is 19.2. The molecule has 1 aliphatic heterocycles. The number of Topliss-reactive ketones (excluding diaryl/α,β-unsaturated/α-hetero) is 1. The van der Waals surface area contributed by atoms with Crippen LogP contribution < -0.4 is 14.4 Å². The zero-order chi connectivity index (χ0) is 24.4. The van der Waals surface area contributed by atoms with E-state index in [1.807, 2.05) is 6.92 Å². The minimum absolute atomic E-state index is 0.146. The second-order valence-corrected chi connectivity index (χ2v) is 7.90. The molecule has 0 spiro atoms. The van der Waals surface area contributed by atoms with Crippen LogP contribution in [0.15, 0.2) is 72.3 Å². The molecule has 1 heterocycles. The number of hydrogen-bond donors (Lipinski definition) is 1. The van der Waals surface area contributed by atoms with Gasteiger partial charge in [-0.3, -0.25) is 14.5 Å². The second-order valence-electron chi connectivity index (χ2n) is 7.49. The molecular formula is C26H21ClFNO5. The van der Waals surface area contributed by atoms with E-state index in [9.17, 15) is 19.1 Å². The first-order chi connectivity index (χ1) is 16.3. The summed E-state index contributed by atoms with van der Waals surface area (Å²) in [6, 6.07) is 15.6. The summed E-state index contributed by atoms with van der Waals surface area (Å²) in [6.07, 6.45) is 0. The first-order valence-electron chi connectivity index (χ1n) is 10.5. The van der Waals surface area contributed by atoms with Crippen molar-refractivity contribution in [2.24, 2.45) is 0 Å². The van der Waals surface area contributed by atoms with Crippen LogP contribution in [0, 0.1) is 5.82 Å². The molecule has 1 aliphatic rings. The van der Waals surface area contributed by atoms with Crippen LogP contribution in [0.5, 0.6) is 11.5 Å². The molecule has 1 fully saturated rings. The molecule has 0 aromatic heterocycles. The van der Waals surface area contributed by atoms with E-state index in [0.717, 1.165) is 0 Å². The van der Waals surface area contributed by atoms with Crippen molar-refractivity contribution in [1.82, 2.24) is 0 Å². The number of amides is 1. The highest BCUT2D eigenvalue weighted by Gasteiger charge is 2.47. The van der Waals surface area contributed by atoms with E-state index in [1.165, 1.54) is 48.4 Å². The second kappa shape index (κ2) is 9.57. The number of carbonyl (C=O) groups excluding carboxylic acids is 2. The number of aliphatic hydroxyl groups excluding tert-OH is 1. The van der Waals surface area contributed by atoms with Crippen molar-refractivity contribution >= 4 is 34.7 Å². The van der Waals surface area contributed by atoms with Crippen molar-refractivity contribution in [3.05, 3.63) is 94.3 Å². The van der Waals surface area contributed by atoms with Crippen LogP contribution in [0.1, 0.15) is 24.1 Å². The fourth-order valence-electron chi connectivity index (χ4n) is 3.89. The summed E-state index contributed by atoms with van der Waals surface area (Å²) in [5.41, 5.74) is 0.830. The molecule has 1 amide bonds. The summed E-state index contributed by atoms with van der Waals surface area (Å²) < 4.78 is 24.3. The smallest absolute Gasteiger partial charge is 0.300 e. The number of methoxy groups -OCH3 is 1. The van der Waals surface area contributed by atoms with E-state index in [4.69, 9.17) is 21.1 Å². The van der Waals surface area contributed by atoms with Crippen molar-refractivity contribution in [2.45, 2.75) is 13.0 Å². The van der Waals surface area contributed by atoms with E-state index in [0.29, 0.717) is 29.4 Å². The molecule has 3 aromatic carbocycles. The van der Waals surface area contributed by atoms with E-state index < -0.39 is 29.3 Å². The quantitative estimate of drug-likeness (QED) is 0.285. The number of benzene rings is 3. The first kappa shape index (κ1) is 23.3. The lowest BCUT2D eigenvalue weighted by Gasteiger charge is -2.25. The molecule has 8 heteroatoms. The molecule has 6 nitrogen and oxygen atoms in total. The summed E-state index contributed by atoms with van der Waals surface area (Å²) in [5.74, 6) is -1.64. The Morgan fingerprint density at radius 1 is 1.03 bits per heavy atom. The average molecular weight is 482 g/mol. The van der Waals surface area contributed by atoms with Crippen LogP contribution in [0.25, 0.3) is 5.76 Å². The molecule has 0 saturated carbocycles. The van der Waals surface area contributed by atoms with E-state index >= 15 is 0 Å². The summed E-state index contributed by atoms with van der Waals surface area (Å²) in [5, 5.41) is 11.4. The molecule has 0 bridgehead atoms. The van der Waals surface area contributed by atoms with Crippen molar-refractivity contribution in [2.75, 3.05) is 18.6 Å². The monoisotopic (exact) mass is 481 g/mol. The maximum absolute atomic E-state index is 13.7. The third kappa shape index (κ3) is 4.22. The molecule has 174 valence electrons. The Bertz CT molecular complexity index is 1270. The van der Waals surface area contributed by atoms with Gasteiger partial charge in [0.1, 0.15) is 23.1 Å². The fraction of sp³-hybridized carbons (Fsp3) is 0.154. The van der Waals surface area contributed by atoms with Crippen molar-refractivity contribution < 1.29 is 28.6 Å². The van der Waals surface area contributed by atoms with Crippen LogP contribution in [0.4, 0.5) is 10.1 Å². The molecule has 0 aliphatic carbocycles. The van der Waals surface area contributed by atoms with Gasteiger partial charge in [-0.1, -0.05) is 23.7 Å². The highest BCUT2D eigenvalue weighted by atomic mass is 35.5. The predicted molar refractivity (Wildman–Crippen MR) is 127 cm³/mol. The Morgan fingerprint density at radius 3 is 2.29 bits per heavy atom. The lowest BCUT2D eigenvalue weighted by atomic mass is 9.95. The van der Waals surface area contributed by atoms with E-state index in [1.54, 1.807) is 30.3 Å². The van der Waals surface area contributed by atoms with Gasteiger partial charge in [-0.25, -0.2) is 4.39 Å². The van der Waals surface area contributed by atoms with Crippen molar-refractivity contribution in [3.8, 4) is 11.5 Å². The molecule has 3 aromatic rings. The number of rotatable bonds is 6. The maximum Gasteiger partial charge on any atom is 0.300 e. The molecule has 1 N–H and O–H groups in total. The Labute approximate surface area is 200 Å². The number of carbonyl (C=O) groups is 2. The number of anilines is 1. The van der Waals surface area contributed by atoms with Gasteiger partial charge in [0.2, 0.25) is 0 Å². The van der Waals surface area contributed by atoms with Crippen LogP contribution in [0.2, 0.25) is 5.02 Å². The summed E-state index contributed by atoms with van der Waals surface area (Å²) in [6.45, 7) is 2.20. The maximum atomic E-state index is 13.7. The SMILES string of the molecule is CCOc1ccc(Cl)c(/C(O)=C2\C(=O)C(=O)N(c3ccc(OC)cc3)C2c2ccc(F)cc2)c1. The van der Waals surface area contributed by atoms with Crippen molar-refractivity contribution in [3.63, 3.8) is 0 Å². The van der Waals surface area contributed by atoms with Crippen LogP contribution >= 0.6 is 11.6 Å². The summed E-state index contributed by atoms with van der Waals surface area (Å²) >= 11 is 6.33.